The van der Waals surface area contributed by atoms with Crippen LogP contribution in [0.25, 0.3) is 0 Å². The average Bonchev–Trinajstić information content (AvgIpc) is 2.53. The molecular formula is C15H23N3O4. The molecule has 1 aliphatic rings. The fraction of sp³-hybridized carbons (Fsp3) is 0.533. The zero-order valence-electron chi connectivity index (χ0n) is 13.0. The third-order valence-corrected chi connectivity index (χ3v) is 2.93. The van der Waals surface area contributed by atoms with Crippen LogP contribution in [-0.4, -0.2) is 45.2 Å². The summed E-state index contributed by atoms with van der Waals surface area (Å²) in [4.78, 5) is 4.23. The molecule has 0 aliphatic carbocycles. The zero-order chi connectivity index (χ0) is 15.8. The molecule has 7 nitrogen and oxygen atoms in total. The van der Waals surface area contributed by atoms with Gasteiger partial charge in [0.2, 0.25) is 0 Å². The summed E-state index contributed by atoms with van der Waals surface area (Å²) < 4.78 is 21.8. The van der Waals surface area contributed by atoms with Gasteiger partial charge in [-0.15, -0.1) is 0 Å². The number of ether oxygens (including phenoxy) is 4. The largest absolute Gasteiger partial charge is 0.486 e. The molecule has 22 heavy (non-hydrogen) atoms. The Morgan fingerprint density at radius 1 is 1.23 bits per heavy atom. The Kier molecular flexibility index (Phi) is 6.29. The average molecular weight is 309 g/mol. The van der Waals surface area contributed by atoms with Crippen molar-refractivity contribution in [1.29, 1.82) is 0 Å². The molecule has 0 spiro atoms. The Balaban J connectivity index is 1.92. The second kappa shape index (κ2) is 8.45. The Morgan fingerprint density at radius 3 is 2.59 bits per heavy atom. The molecule has 7 heteroatoms. The fourth-order valence-corrected chi connectivity index (χ4v) is 2.01. The lowest BCUT2D eigenvalue weighted by molar-refractivity contribution is -0.128. The van der Waals surface area contributed by atoms with E-state index in [1.165, 1.54) is 0 Å². The van der Waals surface area contributed by atoms with Crippen LogP contribution in [0.4, 0.5) is 5.69 Å². The maximum atomic E-state index is 5.88. The van der Waals surface area contributed by atoms with E-state index in [1.54, 1.807) is 0 Å². The van der Waals surface area contributed by atoms with Crippen molar-refractivity contribution in [3.05, 3.63) is 18.2 Å². The molecule has 3 N–H and O–H groups in total. The van der Waals surface area contributed by atoms with Crippen LogP contribution >= 0.6 is 0 Å². The van der Waals surface area contributed by atoms with Gasteiger partial charge in [0.15, 0.2) is 23.7 Å². The quantitative estimate of drug-likeness (QED) is 0.452. The Morgan fingerprint density at radius 2 is 1.91 bits per heavy atom. The van der Waals surface area contributed by atoms with E-state index in [4.69, 9.17) is 24.7 Å². The van der Waals surface area contributed by atoms with E-state index < -0.39 is 0 Å². The molecule has 0 saturated carbocycles. The number of hydrogen-bond acceptors (Lipinski definition) is 5. The van der Waals surface area contributed by atoms with E-state index in [-0.39, 0.29) is 6.29 Å². The maximum Gasteiger partial charge on any atom is 0.193 e. The summed E-state index contributed by atoms with van der Waals surface area (Å²) in [6.07, 6.45) is -0.379. The highest BCUT2D eigenvalue weighted by Crippen LogP contribution is 2.32. The van der Waals surface area contributed by atoms with Gasteiger partial charge in [0.05, 0.1) is 6.54 Å². The predicted molar refractivity (Wildman–Crippen MR) is 84.6 cm³/mol. The van der Waals surface area contributed by atoms with E-state index in [0.29, 0.717) is 44.7 Å². The van der Waals surface area contributed by atoms with Crippen LogP contribution in [-0.2, 0) is 9.47 Å². The van der Waals surface area contributed by atoms with Crippen molar-refractivity contribution in [3.63, 3.8) is 0 Å². The number of guanidine groups is 1. The van der Waals surface area contributed by atoms with Crippen LogP contribution in [0.15, 0.2) is 23.2 Å². The van der Waals surface area contributed by atoms with Gasteiger partial charge in [-0.3, -0.25) is 0 Å². The minimum absolute atomic E-state index is 0.293. The fourth-order valence-electron chi connectivity index (χ4n) is 2.01. The van der Waals surface area contributed by atoms with Gasteiger partial charge in [-0.25, -0.2) is 4.99 Å². The van der Waals surface area contributed by atoms with E-state index in [1.807, 2.05) is 32.0 Å². The summed E-state index contributed by atoms with van der Waals surface area (Å²) in [5.41, 5.74) is 6.67. The number of benzene rings is 1. The van der Waals surface area contributed by atoms with Crippen LogP contribution in [0.2, 0.25) is 0 Å². The third-order valence-electron chi connectivity index (χ3n) is 2.93. The van der Waals surface area contributed by atoms with E-state index >= 15 is 0 Å². The first-order chi connectivity index (χ1) is 10.7. The van der Waals surface area contributed by atoms with Gasteiger partial charge in [0, 0.05) is 25.0 Å². The summed E-state index contributed by atoms with van der Waals surface area (Å²) in [5.74, 6) is 1.73. The van der Waals surface area contributed by atoms with Gasteiger partial charge in [-0.05, 0) is 26.0 Å². The topological polar surface area (TPSA) is 87.3 Å². The molecule has 0 fully saturated rings. The van der Waals surface area contributed by atoms with Crippen LogP contribution < -0.4 is 20.5 Å². The number of nitrogens with zero attached hydrogens (tertiary/aromatic N) is 1. The maximum absolute atomic E-state index is 5.88. The second-order valence-corrected chi connectivity index (χ2v) is 4.55. The van der Waals surface area contributed by atoms with Gasteiger partial charge in [0.25, 0.3) is 0 Å². The lowest BCUT2D eigenvalue weighted by Gasteiger charge is -2.19. The van der Waals surface area contributed by atoms with Crippen molar-refractivity contribution in [3.8, 4) is 11.5 Å². The van der Waals surface area contributed by atoms with E-state index in [9.17, 15) is 0 Å². The minimum Gasteiger partial charge on any atom is -0.486 e. The SMILES string of the molecule is CCOC(CN=C(N)Nc1ccc2c(c1)OCCO2)OCC. The molecule has 0 amide bonds. The summed E-state index contributed by atoms with van der Waals surface area (Å²) >= 11 is 0. The van der Waals surface area contributed by atoms with E-state index in [0.717, 1.165) is 11.4 Å². The van der Waals surface area contributed by atoms with Gasteiger partial charge in [-0.2, -0.15) is 0 Å². The Bertz CT molecular complexity index is 502. The van der Waals surface area contributed by atoms with Crippen LogP contribution in [0.5, 0.6) is 11.5 Å². The molecule has 0 radical (unpaired) electrons. The molecule has 1 heterocycles. The predicted octanol–water partition coefficient (Wildman–Crippen LogP) is 1.58. The molecule has 0 bridgehead atoms. The Hall–Kier alpha value is -1.99. The minimum atomic E-state index is -0.379. The molecule has 1 aromatic rings. The van der Waals surface area contributed by atoms with Gasteiger partial charge < -0.3 is 30.0 Å². The number of nitrogens with two attached hydrogens (primary N) is 1. The van der Waals surface area contributed by atoms with Crippen molar-refractivity contribution in [2.75, 3.05) is 38.3 Å². The lowest BCUT2D eigenvalue weighted by Crippen LogP contribution is -2.27. The molecule has 1 aromatic carbocycles. The zero-order valence-corrected chi connectivity index (χ0v) is 13.0. The first kappa shape index (κ1) is 16.4. The molecule has 0 saturated heterocycles. The van der Waals surface area contributed by atoms with Crippen LogP contribution in [0, 0.1) is 0 Å². The number of aliphatic imine (C=N–C) groups is 1. The summed E-state index contributed by atoms with van der Waals surface area (Å²) in [7, 11) is 0. The highest BCUT2D eigenvalue weighted by Gasteiger charge is 2.12. The second-order valence-electron chi connectivity index (χ2n) is 4.55. The van der Waals surface area contributed by atoms with Crippen molar-refractivity contribution in [2.45, 2.75) is 20.1 Å². The van der Waals surface area contributed by atoms with Crippen molar-refractivity contribution in [2.24, 2.45) is 10.7 Å². The summed E-state index contributed by atoms with van der Waals surface area (Å²) in [6.45, 7) is 6.40. The number of anilines is 1. The van der Waals surface area contributed by atoms with Gasteiger partial charge in [0.1, 0.15) is 13.2 Å². The molecule has 0 unspecified atom stereocenters. The number of fused-ring (bicyclic) bond motifs is 1. The summed E-state index contributed by atoms with van der Waals surface area (Å²) in [5, 5.41) is 3.01. The standard InChI is InChI=1S/C15H23N3O4/c1-3-19-14(20-4-2)10-17-15(16)18-11-5-6-12-13(9-11)22-8-7-21-12/h5-6,9,14H,3-4,7-8,10H2,1-2H3,(H3,16,17,18). The first-order valence-electron chi connectivity index (χ1n) is 7.42. The normalized spacial score (nSPS) is 14.2. The van der Waals surface area contributed by atoms with Gasteiger partial charge in [-0.1, -0.05) is 0 Å². The Labute approximate surface area is 130 Å². The highest BCUT2D eigenvalue weighted by atomic mass is 16.7. The van der Waals surface area contributed by atoms with Crippen LogP contribution in [0.3, 0.4) is 0 Å². The molecule has 122 valence electrons. The smallest absolute Gasteiger partial charge is 0.193 e. The highest BCUT2D eigenvalue weighted by molar-refractivity contribution is 5.92. The van der Waals surface area contributed by atoms with Crippen molar-refractivity contribution >= 4 is 11.6 Å². The summed E-state index contributed by atoms with van der Waals surface area (Å²) in [6, 6.07) is 5.53. The number of nitrogens with one attached hydrogen (secondary N) is 1. The number of hydrogen-bond donors (Lipinski definition) is 2. The molecule has 0 aromatic heterocycles. The van der Waals surface area contributed by atoms with Crippen molar-refractivity contribution in [1.82, 2.24) is 0 Å². The molecule has 0 atom stereocenters. The number of rotatable bonds is 7. The van der Waals surface area contributed by atoms with Crippen LogP contribution in [0.1, 0.15) is 13.8 Å². The van der Waals surface area contributed by atoms with Crippen molar-refractivity contribution < 1.29 is 18.9 Å². The monoisotopic (exact) mass is 309 g/mol. The lowest BCUT2D eigenvalue weighted by atomic mass is 10.2. The molecular weight excluding hydrogens is 286 g/mol. The van der Waals surface area contributed by atoms with E-state index in [2.05, 4.69) is 10.3 Å². The molecule has 1 aliphatic heterocycles. The third kappa shape index (κ3) is 4.78. The first-order valence-corrected chi connectivity index (χ1v) is 7.42. The van der Waals surface area contributed by atoms with Gasteiger partial charge >= 0.3 is 0 Å². The molecule has 2 rings (SSSR count).